The Hall–Kier alpha value is -2.75. The molecule has 1 fully saturated rings. The molecule has 0 aliphatic carbocycles. The molecule has 0 aromatic heterocycles. The van der Waals surface area contributed by atoms with Gasteiger partial charge < -0.3 is 10.4 Å². The Labute approximate surface area is 150 Å². The van der Waals surface area contributed by atoms with E-state index in [0.29, 0.717) is 12.3 Å². The van der Waals surface area contributed by atoms with Crippen LogP contribution >= 0.6 is 0 Å². The van der Waals surface area contributed by atoms with E-state index in [9.17, 15) is 14.7 Å². The van der Waals surface area contributed by atoms with E-state index in [-0.39, 0.29) is 6.54 Å². The van der Waals surface area contributed by atoms with Gasteiger partial charge in [-0.2, -0.15) is 5.43 Å². The number of rotatable bonds is 5. The normalized spacial score (nSPS) is 29.1. The van der Waals surface area contributed by atoms with Crippen LogP contribution in [0.5, 0.6) is 0 Å². The minimum absolute atomic E-state index is 0.0694. The van der Waals surface area contributed by atoms with Gasteiger partial charge in [-0.3, -0.25) is 15.3 Å². The Morgan fingerprint density at radius 1 is 1.50 bits per heavy atom. The minimum Gasteiger partial charge on any atom is -0.366 e. The monoisotopic (exact) mass is 366 g/mol. The molecule has 5 N–H and O–H groups in total. The standard InChI is InChI=1S/C14H22N8O4/c1-5-10(23)26-17-9(2)15-8-6-7-13(3)11(24)22(12(25)16-13)14(4)18-20-21-19-14/h10,23H,5,8H2,1-4H3,(H,15,17)(H,16,25)(H,18,21)(H,19,20). The van der Waals surface area contributed by atoms with Crippen molar-refractivity contribution in [3.05, 3.63) is 0 Å². The van der Waals surface area contributed by atoms with Gasteiger partial charge in [0.05, 0.1) is 0 Å². The summed E-state index contributed by atoms with van der Waals surface area (Å²) in [5, 5.41) is 19.2. The molecule has 3 unspecified atom stereocenters. The van der Waals surface area contributed by atoms with Crippen LogP contribution in [0.3, 0.4) is 0 Å². The molecule has 0 aromatic carbocycles. The number of hydroxylamine groups is 1. The quantitative estimate of drug-likeness (QED) is 0.106. The molecule has 0 radical (unpaired) electrons. The van der Waals surface area contributed by atoms with Crippen molar-refractivity contribution in [2.75, 3.05) is 6.54 Å². The number of urea groups is 1. The van der Waals surface area contributed by atoms with Crippen LogP contribution in [0, 0.1) is 11.8 Å². The van der Waals surface area contributed by atoms with E-state index in [1.54, 1.807) is 13.8 Å². The number of carbonyl (C=O) groups is 2. The van der Waals surface area contributed by atoms with Crippen molar-refractivity contribution in [3.8, 4) is 11.8 Å². The molecule has 26 heavy (non-hydrogen) atoms. The summed E-state index contributed by atoms with van der Waals surface area (Å²) in [4.78, 5) is 34.7. The first-order valence-corrected chi connectivity index (χ1v) is 7.93. The number of aliphatic hydroxyl groups excluding tert-OH is 1. The van der Waals surface area contributed by atoms with Crippen LogP contribution in [0.4, 0.5) is 4.79 Å². The molecular formula is C14H22N8O4. The average Bonchev–Trinajstić information content (AvgIpc) is 3.12. The van der Waals surface area contributed by atoms with E-state index in [4.69, 9.17) is 4.84 Å². The lowest BCUT2D eigenvalue weighted by molar-refractivity contribution is -0.133. The van der Waals surface area contributed by atoms with Gasteiger partial charge in [-0.15, -0.1) is 5.11 Å². The number of nitrogens with zero attached hydrogens (tertiary/aromatic N) is 4. The third kappa shape index (κ3) is 4.07. The molecule has 1 saturated heterocycles. The highest BCUT2D eigenvalue weighted by molar-refractivity contribution is 6.09. The molecule has 142 valence electrons. The SMILES string of the molecule is CCC(O)ONC(C)=NCC#CC1(C)NC(=O)N(C2(C)N=NNN2)C1=O. The summed E-state index contributed by atoms with van der Waals surface area (Å²) in [5.41, 5.74) is 6.11. The molecule has 0 spiro atoms. The molecule has 2 heterocycles. The predicted octanol–water partition coefficient (Wildman–Crippen LogP) is -0.883. The lowest BCUT2D eigenvalue weighted by Crippen LogP contribution is -2.58. The number of nitrogens with one attached hydrogen (secondary N) is 4. The Morgan fingerprint density at radius 3 is 2.85 bits per heavy atom. The fourth-order valence-corrected chi connectivity index (χ4v) is 2.14. The summed E-state index contributed by atoms with van der Waals surface area (Å²) < 4.78 is 0. The summed E-state index contributed by atoms with van der Waals surface area (Å²) in [7, 11) is 0. The maximum atomic E-state index is 12.6. The molecule has 3 atom stereocenters. The van der Waals surface area contributed by atoms with Crippen molar-refractivity contribution in [3.63, 3.8) is 0 Å². The van der Waals surface area contributed by atoms with Crippen molar-refractivity contribution in [1.29, 1.82) is 0 Å². The van der Waals surface area contributed by atoms with Crippen LogP contribution in [-0.4, -0.2) is 51.9 Å². The van der Waals surface area contributed by atoms with Gasteiger partial charge in [-0.1, -0.05) is 24.0 Å². The first kappa shape index (κ1) is 19.6. The van der Waals surface area contributed by atoms with Crippen LogP contribution in [0.2, 0.25) is 0 Å². The molecule has 0 bridgehead atoms. The van der Waals surface area contributed by atoms with Gasteiger partial charge in [-0.05, 0) is 27.2 Å². The van der Waals surface area contributed by atoms with Gasteiger partial charge in [0.25, 0.3) is 5.91 Å². The number of imide groups is 1. The second-order valence-corrected chi connectivity index (χ2v) is 5.94. The minimum atomic E-state index is -1.40. The highest BCUT2D eigenvalue weighted by Gasteiger charge is 2.55. The van der Waals surface area contributed by atoms with E-state index in [1.165, 1.54) is 13.8 Å². The number of aliphatic imine (C=N–C) groups is 1. The Balaban J connectivity index is 1.99. The Kier molecular flexibility index (Phi) is 5.76. The number of carbonyl (C=O) groups excluding carboxylic acids is 2. The molecule has 12 nitrogen and oxygen atoms in total. The molecule has 0 aromatic rings. The highest BCUT2D eigenvalue weighted by Crippen LogP contribution is 2.26. The third-order valence-corrected chi connectivity index (χ3v) is 3.64. The zero-order valence-corrected chi connectivity index (χ0v) is 15.0. The van der Waals surface area contributed by atoms with Gasteiger partial charge in [0.2, 0.25) is 5.79 Å². The van der Waals surface area contributed by atoms with Gasteiger partial charge in [0, 0.05) is 0 Å². The number of hydrogen-bond donors (Lipinski definition) is 5. The lowest BCUT2D eigenvalue weighted by atomic mass is 10.0. The fourth-order valence-electron chi connectivity index (χ4n) is 2.14. The summed E-state index contributed by atoms with van der Waals surface area (Å²) in [6, 6.07) is -0.632. The molecule has 2 aliphatic rings. The maximum Gasteiger partial charge on any atom is 0.328 e. The Bertz CT molecular complexity index is 699. The third-order valence-electron chi connectivity index (χ3n) is 3.64. The summed E-state index contributed by atoms with van der Waals surface area (Å²) in [6.07, 6.45) is -0.501. The summed E-state index contributed by atoms with van der Waals surface area (Å²) >= 11 is 0. The van der Waals surface area contributed by atoms with Crippen LogP contribution in [0.15, 0.2) is 15.3 Å². The molecule has 2 rings (SSSR count). The highest BCUT2D eigenvalue weighted by atomic mass is 16.7. The number of amidine groups is 1. The average molecular weight is 366 g/mol. The summed E-state index contributed by atoms with van der Waals surface area (Å²) in [5.74, 6) is 3.98. The number of amides is 3. The van der Waals surface area contributed by atoms with Gasteiger partial charge in [0.1, 0.15) is 12.4 Å². The number of aliphatic hydroxyl groups is 1. The van der Waals surface area contributed by atoms with E-state index >= 15 is 0 Å². The van der Waals surface area contributed by atoms with Crippen LogP contribution in [0.25, 0.3) is 0 Å². The largest absolute Gasteiger partial charge is 0.366 e. The first-order chi connectivity index (χ1) is 12.2. The van der Waals surface area contributed by atoms with Crippen molar-refractivity contribution in [2.24, 2.45) is 15.3 Å². The molecule has 0 saturated carbocycles. The predicted molar refractivity (Wildman–Crippen MR) is 89.6 cm³/mol. The topological polar surface area (TPSA) is 152 Å². The van der Waals surface area contributed by atoms with E-state index in [2.05, 4.69) is 48.9 Å². The smallest absolute Gasteiger partial charge is 0.328 e. The van der Waals surface area contributed by atoms with Crippen LogP contribution in [0.1, 0.15) is 34.1 Å². The van der Waals surface area contributed by atoms with Gasteiger partial charge in [0.15, 0.2) is 11.8 Å². The number of hydrazine groups is 1. The van der Waals surface area contributed by atoms with Crippen molar-refractivity contribution in [1.82, 2.24) is 26.7 Å². The second-order valence-electron chi connectivity index (χ2n) is 5.94. The summed E-state index contributed by atoms with van der Waals surface area (Å²) in [6.45, 7) is 6.50. The molecule has 12 heteroatoms. The van der Waals surface area contributed by atoms with E-state index in [0.717, 1.165) is 4.90 Å². The molecule has 2 aliphatic heterocycles. The Morgan fingerprint density at radius 2 is 2.23 bits per heavy atom. The molecular weight excluding hydrogens is 344 g/mol. The van der Waals surface area contributed by atoms with Gasteiger partial charge >= 0.3 is 6.03 Å². The zero-order valence-electron chi connectivity index (χ0n) is 15.0. The zero-order chi connectivity index (χ0) is 19.4. The lowest BCUT2D eigenvalue weighted by Gasteiger charge is -2.27. The number of hydrogen-bond acceptors (Lipinski definition) is 9. The maximum absolute atomic E-state index is 12.6. The molecule has 3 amide bonds. The van der Waals surface area contributed by atoms with Crippen LogP contribution in [-0.2, 0) is 9.63 Å². The fraction of sp³-hybridized carbons (Fsp3) is 0.643. The van der Waals surface area contributed by atoms with Crippen molar-refractivity contribution in [2.45, 2.75) is 51.7 Å². The second kappa shape index (κ2) is 7.65. The van der Waals surface area contributed by atoms with Crippen LogP contribution < -0.4 is 21.8 Å². The van der Waals surface area contributed by atoms with E-state index in [1.807, 2.05) is 0 Å². The van der Waals surface area contributed by atoms with Gasteiger partial charge in [-0.25, -0.2) is 20.1 Å². The van der Waals surface area contributed by atoms with Crippen molar-refractivity contribution >= 4 is 17.8 Å². The first-order valence-electron chi connectivity index (χ1n) is 7.93. The van der Waals surface area contributed by atoms with Crippen molar-refractivity contribution < 1.29 is 19.5 Å². The van der Waals surface area contributed by atoms with E-state index < -0.39 is 29.6 Å².